The van der Waals surface area contributed by atoms with E-state index in [4.69, 9.17) is 0 Å². The average molecular weight is 219 g/mol. The third kappa shape index (κ3) is 7.97. The van der Waals surface area contributed by atoms with Crippen LogP contribution in [0.5, 0.6) is 0 Å². The fourth-order valence-electron chi connectivity index (χ4n) is 1.12. The molecule has 0 saturated carbocycles. The molecule has 86 valence electrons. The first-order valence-electron chi connectivity index (χ1n) is 4.90. The van der Waals surface area contributed by atoms with Gasteiger partial charge in [-0.3, -0.25) is 4.98 Å². The highest BCUT2D eigenvalue weighted by Gasteiger charge is 1.95. The molecule has 0 atom stereocenters. The van der Waals surface area contributed by atoms with Crippen LogP contribution in [0.25, 0.3) is 0 Å². The Balaban J connectivity index is 0.000000423. The maximum Gasteiger partial charge on any atom is 0.379 e. The topological polar surface area (TPSA) is 12.9 Å². The zero-order chi connectivity index (χ0) is 11.7. The molecule has 0 aliphatic carbocycles. The predicted octanol–water partition coefficient (Wildman–Crippen LogP) is 3.91. The van der Waals surface area contributed by atoms with Crippen molar-refractivity contribution in [3.05, 3.63) is 29.6 Å². The smallest absolute Gasteiger partial charge is 0.261 e. The zero-order valence-corrected chi connectivity index (χ0v) is 9.01. The number of unbranched alkanes of at least 4 members (excludes halogenated alkanes) is 1. The van der Waals surface area contributed by atoms with Crippen molar-refractivity contribution in [2.75, 3.05) is 0 Å². The average Bonchev–Trinajstić information content (AvgIpc) is 2.16. The second kappa shape index (κ2) is 8.26. The van der Waals surface area contributed by atoms with Gasteiger partial charge in [-0.25, -0.2) is 0 Å². The number of aromatic nitrogens is 1. The minimum Gasteiger partial charge on any atom is -0.261 e. The van der Waals surface area contributed by atoms with Crippen LogP contribution >= 0.6 is 0 Å². The number of aryl methyl sites for hydroxylation is 2. The van der Waals surface area contributed by atoms with Gasteiger partial charge in [-0.05, 0) is 31.4 Å². The van der Waals surface area contributed by atoms with E-state index in [1.807, 2.05) is 12.3 Å². The lowest BCUT2D eigenvalue weighted by molar-refractivity contribution is 0.00819. The molecule has 0 amide bonds. The van der Waals surface area contributed by atoms with Crippen LogP contribution in [0.2, 0.25) is 0 Å². The fourth-order valence-corrected chi connectivity index (χ4v) is 1.12. The molecular formula is C11H16F3N. The van der Waals surface area contributed by atoms with Gasteiger partial charge < -0.3 is 0 Å². The molecular weight excluding hydrogens is 203 g/mol. The molecule has 0 N–H and O–H groups in total. The summed E-state index contributed by atoms with van der Waals surface area (Å²) in [6.07, 6.45) is 5.50. The Morgan fingerprint density at radius 2 is 1.93 bits per heavy atom. The summed E-state index contributed by atoms with van der Waals surface area (Å²) in [5.74, 6) is 0. The summed E-state index contributed by atoms with van der Waals surface area (Å²) in [7, 11) is 0. The molecule has 1 rings (SSSR count). The van der Waals surface area contributed by atoms with Gasteiger partial charge in [0.25, 0.3) is 0 Å². The lowest BCUT2D eigenvalue weighted by Gasteiger charge is -2.01. The molecule has 0 aliphatic rings. The molecule has 0 saturated heterocycles. The molecule has 0 spiro atoms. The third-order valence-electron chi connectivity index (χ3n) is 1.88. The summed E-state index contributed by atoms with van der Waals surface area (Å²) in [6, 6.07) is 4.11. The summed E-state index contributed by atoms with van der Waals surface area (Å²) in [4.78, 5) is 4.32. The molecule has 1 nitrogen and oxygen atoms in total. The molecule has 0 unspecified atom stereocenters. The highest BCUT2D eigenvalue weighted by atomic mass is 19.4. The van der Waals surface area contributed by atoms with Crippen molar-refractivity contribution < 1.29 is 13.2 Å². The van der Waals surface area contributed by atoms with Crippen molar-refractivity contribution in [2.24, 2.45) is 0 Å². The van der Waals surface area contributed by atoms with Gasteiger partial charge in [0.1, 0.15) is 0 Å². The molecule has 0 fully saturated rings. The number of rotatable bonds is 3. The summed E-state index contributed by atoms with van der Waals surface area (Å²) in [6.45, 7) is 0.663. The molecule has 0 radical (unpaired) electrons. The molecule has 1 heterocycles. The third-order valence-corrected chi connectivity index (χ3v) is 1.88. The standard InChI is InChI=1S/C10H15N.CHF3/c1-3-4-7-10-9(2)6-5-8-11-10;2-1(3)4/h5-6,8H,3-4,7H2,1-2H3;1H. The van der Waals surface area contributed by atoms with E-state index in [0.29, 0.717) is 0 Å². The Bertz CT molecular complexity index is 261. The maximum absolute atomic E-state index is 9.67. The van der Waals surface area contributed by atoms with Crippen LogP contribution < -0.4 is 0 Å². The number of hydrogen-bond acceptors (Lipinski definition) is 1. The van der Waals surface area contributed by atoms with Gasteiger partial charge in [0.05, 0.1) is 0 Å². The van der Waals surface area contributed by atoms with Crippen LogP contribution in [0.4, 0.5) is 13.2 Å². The highest BCUT2D eigenvalue weighted by Crippen LogP contribution is 2.06. The Kier molecular flexibility index (Phi) is 7.68. The Hall–Kier alpha value is -1.06. The van der Waals surface area contributed by atoms with Crippen molar-refractivity contribution in [2.45, 2.75) is 39.8 Å². The lowest BCUT2D eigenvalue weighted by Crippen LogP contribution is -1.92. The molecule has 15 heavy (non-hydrogen) atoms. The number of nitrogens with zero attached hydrogens (tertiary/aromatic N) is 1. The second-order valence-corrected chi connectivity index (χ2v) is 3.12. The van der Waals surface area contributed by atoms with Gasteiger partial charge in [0.15, 0.2) is 0 Å². The molecule has 0 aliphatic heterocycles. The lowest BCUT2D eigenvalue weighted by atomic mass is 10.1. The van der Waals surface area contributed by atoms with Crippen molar-refractivity contribution in [1.29, 1.82) is 0 Å². The van der Waals surface area contributed by atoms with E-state index in [2.05, 4.69) is 24.9 Å². The van der Waals surface area contributed by atoms with Crippen LogP contribution in [-0.2, 0) is 6.42 Å². The van der Waals surface area contributed by atoms with Crippen molar-refractivity contribution >= 4 is 0 Å². The number of hydrogen-bond donors (Lipinski definition) is 0. The quantitative estimate of drug-likeness (QED) is 0.751. The van der Waals surface area contributed by atoms with Gasteiger partial charge in [-0.1, -0.05) is 19.4 Å². The Morgan fingerprint density at radius 1 is 1.33 bits per heavy atom. The zero-order valence-electron chi connectivity index (χ0n) is 9.01. The largest absolute Gasteiger partial charge is 0.379 e. The van der Waals surface area contributed by atoms with Gasteiger partial charge in [-0.15, -0.1) is 0 Å². The van der Waals surface area contributed by atoms with Crippen LogP contribution in [0.3, 0.4) is 0 Å². The van der Waals surface area contributed by atoms with Crippen LogP contribution in [-0.4, -0.2) is 11.7 Å². The van der Waals surface area contributed by atoms with Gasteiger partial charge in [-0.2, -0.15) is 13.2 Å². The first-order valence-corrected chi connectivity index (χ1v) is 4.90. The van der Waals surface area contributed by atoms with E-state index in [9.17, 15) is 13.2 Å². The summed E-state index contributed by atoms with van der Waals surface area (Å²) in [5, 5.41) is 0. The van der Waals surface area contributed by atoms with E-state index in [1.165, 1.54) is 24.1 Å². The normalized spacial score (nSPS) is 9.73. The predicted molar refractivity (Wildman–Crippen MR) is 54.7 cm³/mol. The summed E-state index contributed by atoms with van der Waals surface area (Å²) in [5.41, 5.74) is 2.58. The Labute approximate surface area is 88.3 Å². The van der Waals surface area contributed by atoms with Crippen LogP contribution in [0.1, 0.15) is 31.0 Å². The number of pyridine rings is 1. The van der Waals surface area contributed by atoms with E-state index < -0.39 is 6.68 Å². The number of halogens is 3. The molecule has 1 aromatic rings. The maximum atomic E-state index is 9.67. The van der Waals surface area contributed by atoms with Crippen molar-refractivity contribution in [3.63, 3.8) is 0 Å². The Morgan fingerprint density at radius 3 is 2.40 bits per heavy atom. The van der Waals surface area contributed by atoms with Gasteiger partial charge in [0.2, 0.25) is 0 Å². The summed E-state index contributed by atoms with van der Waals surface area (Å²) < 4.78 is 29.0. The molecule has 4 heteroatoms. The van der Waals surface area contributed by atoms with Crippen LogP contribution in [0.15, 0.2) is 18.3 Å². The van der Waals surface area contributed by atoms with Crippen molar-refractivity contribution in [1.82, 2.24) is 4.98 Å². The summed E-state index contributed by atoms with van der Waals surface area (Å²) >= 11 is 0. The molecule has 0 aromatic carbocycles. The van der Waals surface area contributed by atoms with E-state index in [0.717, 1.165) is 6.42 Å². The minimum atomic E-state index is -3.67. The number of alkyl halides is 3. The molecule has 0 bridgehead atoms. The highest BCUT2D eigenvalue weighted by molar-refractivity contribution is 5.17. The second-order valence-electron chi connectivity index (χ2n) is 3.12. The van der Waals surface area contributed by atoms with E-state index in [1.54, 1.807) is 0 Å². The SMILES string of the molecule is CCCCc1ncccc1C.FC(F)F. The first kappa shape index (κ1) is 13.9. The monoisotopic (exact) mass is 219 g/mol. The van der Waals surface area contributed by atoms with Crippen LogP contribution in [0, 0.1) is 6.92 Å². The molecule has 1 aromatic heterocycles. The van der Waals surface area contributed by atoms with Crippen molar-refractivity contribution in [3.8, 4) is 0 Å². The van der Waals surface area contributed by atoms with Gasteiger partial charge >= 0.3 is 6.68 Å². The van der Waals surface area contributed by atoms with E-state index in [-0.39, 0.29) is 0 Å². The van der Waals surface area contributed by atoms with Gasteiger partial charge in [0, 0.05) is 11.9 Å². The van der Waals surface area contributed by atoms with E-state index >= 15 is 0 Å². The fraction of sp³-hybridized carbons (Fsp3) is 0.545. The minimum absolute atomic E-state index is 1.13. The first-order chi connectivity index (χ1) is 7.07.